The number of aromatic hydroxyl groups is 1. The average molecular weight is 287 g/mol. The van der Waals surface area contributed by atoms with Crippen molar-refractivity contribution in [2.75, 3.05) is 6.54 Å². The Kier molecular flexibility index (Phi) is 5.32. The number of nitrogens with one attached hydrogen (secondary N) is 1. The lowest BCUT2D eigenvalue weighted by Gasteiger charge is -2.06. The minimum Gasteiger partial charge on any atom is -0.508 e. The molecule has 2 aromatic carbocycles. The second-order valence-electron chi connectivity index (χ2n) is 4.93. The van der Waals surface area contributed by atoms with Gasteiger partial charge in [0.1, 0.15) is 11.6 Å². The fourth-order valence-electron chi connectivity index (χ4n) is 2.08. The van der Waals surface area contributed by atoms with Crippen LogP contribution in [0.25, 0.3) is 0 Å². The fraction of sp³-hybridized carbons (Fsp3) is 0.235. The second-order valence-corrected chi connectivity index (χ2v) is 4.93. The van der Waals surface area contributed by atoms with E-state index < -0.39 is 0 Å². The number of carbonyl (C=O) groups is 1. The highest BCUT2D eigenvalue weighted by Crippen LogP contribution is 2.10. The van der Waals surface area contributed by atoms with Gasteiger partial charge in [-0.15, -0.1) is 0 Å². The molecule has 2 rings (SSSR count). The Morgan fingerprint density at radius 1 is 1.10 bits per heavy atom. The van der Waals surface area contributed by atoms with Crippen LogP contribution in [-0.2, 0) is 17.6 Å². The van der Waals surface area contributed by atoms with Crippen molar-refractivity contribution in [2.24, 2.45) is 0 Å². The van der Waals surface area contributed by atoms with Gasteiger partial charge in [-0.2, -0.15) is 0 Å². The molecule has 2 N–H and O–H groups in total. The van der Waals surface area contributed by atoms with E-state index in [2.05, 4.69) is 5.32 Å². The molecule has 0 radical (unpaired) electrons. The van der Waals surface area contributed by atoms with E-state index in [1.807, 2.05) is 12.1 Å². The first-order valence-corrected chi connectivity index (χ1v) is 6.92. The minimum absolute atomic E-state index is 0.105. The van der Waals surface area contributed by atoms with E-state index in [4.69, 9.17) is 0 Å². The number of halogens is 1. The maximum atomic E-state index is 13.0. The van der Waals surface area contributed by atoms with E-state index in [0.29, 0.717) is 12.1 Å². The molecule has 0 aliphatic rings. The van der Waals surface area contributed by atoms with Gasteiger partial charge in [-0.1, -0.05) is 24.3 Å². The van der Waals surface area contributed by atoms with Gasteiger partial charge in [0.2, 0.25) is 5.91 Å². The molecule has 0 saturated heterocycles. The van der Waals surface area contributed by atoms with Crippen LogP contribution in [0.4, 0.5) is 4.39 Å². The van der Waals surface area contributed by atoms with Gasteiger partial charge in [0.15, 0.2) is 0 Å². The van der Waals surface area contributed by atoms with Gasteiger partial charge in [0.25, 0.3) is 0 Å². The zero-order chi connectivity index (χ0) is 15.1. The summed E-state index contributed by atoms with van der Waals surface area (Å²) in [5, 5.41) is 12.0. The zero-order valence-electron chi connectivity index (χ0n) is 11.7. The summed E-state index contributed by atoms with van der Waals surface area (Å²) in [5.74, 6) is -0.180. The molecule has 0 atom stereocenters. The number of carbonyl (C=O) groups excluding carboxylic acids is 1. The highest BCUT2D eigenvalue weighted by Gasteiger charge is 2.03. The first-order valence-electron chi connectivity index (χ1n) is 6.92. The van der Waals surface area contributed by atoms with Crippen molar-refractivity contribution < 1.29 is 14.3 Å². The maximum absolute atomic E-state index is 13.0. The van der Waals surface area contributed by atoms with Gasteiger partial charge in [-0.05, 0) is 48.2 Å². The SMILES string of the molecule is O=C(Cc1cccc(F)c1)NCCCc1ccc(O)cc1. The third-order valence-electron chi connectivity index (χ3n) is 3.15. The largest absolute Gasteiger partial charge is 0.508 e. The fourth-order valence-corrected chi connectivity index (χ4v) is 2.08. The van der Waals surface area contributed by atoms with Crippen molar-refractivity contribution >= 4 is 5.91 Å². The Balaban J connectivity index is 1.68. The number of rotatable bonds is 6. The lowest BCUT2D eigenvalue weighted by Crippen LogP contribution is -2.26. The topological polar surface area (TPSA) is 49.3 Å². The van der Waals surface area contributed by atoms with Gasteiger partial charge < -0.3 is 10.4 Å². The maximum Gasteiger partial charge on any atom is 0.224 e. The van der Waals surface area contributed by atoms with Crippen LogP contribution in [0.3, 0.4) is 0 Å². The molecular weight excluding hydrogens is 269 g/mol. The van der Waals surface area contributed by atoms with Crippen molar-refractivity contribution in [3.8, 4) is 5.75 Å². The van der Waals surface area contributed by atoms with Gasteiger partial charge in [0.05, 0.1) is 6.42 Å². The molecule has 2 aromatic rings. The number of amides is 1. The first-order chi connectivity index (χ1) is 10.1. The lowest BCUT2D eigenvalue weighted by atomic mass is 10.1. The van der Waals surface area contributed by atoms with Crippen molar-refractivity contribution in [2.45, 2.75) is 19.3 Å². The zero-order valence-corrected chi connectivity index (χ0v) is 11.7. The Bertz CT molecular complexity index is 596. The Morgan fingerprint density at radius 3 is 2.57 bits per heavy atom. The summed E-state index contributed by atoms with van der Waals surface area (Å²) in [6.45, 7) is 0.578. The predicted molar refractivity (Wildman–Crippen MR) is 79.5 cm³/mol. The minimum atomic E-state index is -0.326. The van der Waals surface area contributed by atoms with E-state index in [1.54, 1.807) is 24.3 Å². The van der Waals surface area contributed by atoms with Gasteiger partial charge in [-0.3, -0.25) is 4.79 Å². The van der Waals surface area contributed by atoms with E-state index in [-0.39, 0.29) is 23.9 Å². The van der Waals surface area contributed by atoms with Crippen molar-refractivity contribution in [3.63, 3.8) is 0 Å². The molecule has 1 amide bonds. The highest BCUT2D eigenvalue weighted by molar-refractivity contribution is 5.78. The molecule has 0 saturated carbocycles. The Labute approximate surface area is 123 Å². The predicted octanol–water partition coefficient (Wildman–Crippen LogP) is 2.82. The molecule has 4 heteroatoms. The number of hydrogen-bond donors (Lipinski definition) is 2. The Morgan fingerprint density at radius 2 is 1.86 bits per heavy atom. The summed E-state index contributed by atoms with van der Waals surface area (Å²) in [5.41, 5.74) is 1.79. The van der Waals surface area contributed by atoms with Crippen LogP contribution in [0, 0.1) is 5.82 Å². The molecule has 0 aromatic heterocycles. The number of benzene rings is 2. The number of phenolic OH excluding ortho intramolecular Hbond substituents is 1. The lowest BCUT2D eigenvalue weighted by molar-refractivity contribution is -0.120. The summed E-state index contributed by atoms with van der Waals surface area (Å²) < 4.78 is 13.0. The molecule has 0 aliphatic carbocycles. The van der Waals surface area contributed by atoms with Gasteiger partial charge in [0, 0.05) is 6.54 Å². The normalized spacial score (nSPS) is 10.3. The third kappa shape index (κ3) is 5.26. The van der Waals surface area contributed by atoms with Crippen LogP contribution < -0.4 is 5.32 Å². The van der Waals surface area contributed by atoms with Crippen LogP contribution in [-0.4, -0.2) is 17.6 Å². The quantitative estimate of drug-likeness (QED) is 0.803. The molecule has 21 heavy (non-hydrogen) atoms. The summed E-state index contributed by atoms with van der Waals surface area (Å²) >= 11 is 0. The van der Waals surface area contributed by atoms with Crippen LogP contribution in [0.5, 0.6) is 5.75 Å². The van der Waals surface area contributed by atoms with Crippen LogP contribution in [0.1, 0.15) is 17.5 Å². The highest BCUT2D eigenvalue weighted by atomic mass is 19.1. The van der Waals surface area contributed by atoms with E-state index in [1.165, 1.54) is 12.1 Å². The second kappa shape index (κ2) is 7.43. The van der Waals surface area contributed by atoms with E-state index in [9.17, 15) is 14.3 Å². The van der Waals surface area contributed by atoms with Crippen molar-refractivity contribution in [3.05, 3.63) is 65.5 Å². The molecule has 0 spiro atoms. The van der Waals surface area contributed by atoms with E-state index in [0.717, 1.165) is 18.4 Å². The molecule has 0 bridgehead atoms. The molecular formula is C17H18FNO2. The smallest absolute Gasteiger partial charge is 0.224 e. The average Bonchev–Trinajstić information content (AvgIpc) is 2.45. The third-order valence-corrected chi connectivity index (χ3v) is 3.15. The molecule has 3 nitrogen and oxygen atoms in total. The van der Waals surface area contributed by atoms with Gasteiger partial charge in [-0.25, -0.2) is 4.39 Å². The summed E-state index contributed by atoms with van der Waals surface area (Å²) in [4.78, 5) is 11.7. The molecule has 110 valence electrons. The number of hydrogen-bond acceptors (Lipinski definition) is 2. The number of aryl methyl sites for hydroxylation is 1. The molecule has 0 fully saturated rings. The molecule has 0 unspecified atom stereocenters. The molecule has 0 aliphatic heterocycles. The van der Waals surface area contributed by atoms with Crippen LogP contribution in [0.15, 0.2) is 48.5 Å². The standard InChI is InChI=1S/C17H18FNO2/c18-15-5-1-3-14(11-15)12-17(21)19-10-2-4-13-6-8-16(20)9-7-13/h1,3,5-9,11,20H,2,4,10,12H2,(H,19,21). The molecule has 0 heterocycles. The monoisotopic (exact) mass is 287 g/mol. The Hall–Kier alpha value is -2.36. The first kappa shape index (κ1) is 15.0. The van der Waals surface area contributed by atoms with E-state index >= 15 is 0 Å². The number of phenols is 1. The summed E-state index contributed by atoms with van der Waals surface area (Å²) in [6.07, 6.45) is 1.84. The van der Waals surface area contributed by atoms with Gasteiger partial charge >= 0.3 is 0 Å². The van der Waals surface area contributed by atoms with Crippen LogP contribution in [0.2, 0.25) is 0 Å². The van der Waals surface area contributed by atoms with Crippen molar-refractivity contribution in [1.82, 2.24) is 5.32 Å². The van der Waals surface area contributed by atoms with Crippen molar-refractivity contribution in [1.29, 1.82) is 0 Å². The van der Waals surface area contributed by atoms with Crippen LogP contribution >= 0.6 is 0 Å². The summed E-state index contributed by atoms with van der Waals surface area (Å²) in [7, 11) is 0. The summed E-state index contributed by atoms with van der Waals surface area (Å²) in [6, 6.07) is 13.1.